The topological polar surface area (TPSA) is 57.6 Å². The number of hydrogen-bond acceptors (Lipinski definition) is 2. The van der Waals surface area contributed by atoms with Crippen LogP contribution in [-0.2, 0) is 17.6 Å². The lowest BCUT2D eigenvalue weighted by molar-refractivity contribution is -0.142. The van der Waals surface area contributed by atoms with Gasteiger partial charge in [0.1, 0.15) is 6.04 Å². The van der Waals surface area contributed by atoms with Crippen LogP contribution in [0, 0.1) is 0 Å². The van der Waals surface area contributed by atoms with Crippen LogP contribution in [0.4, 0.5) is 13.2 Å². The number of carbonyl (C=O) groups is 2. The molecule has 0 heterocycles. The third kappa shape index (κ3) is 6.13. The van der Waals surface area contributed by atoms with Crippen LogP contribution >= 0.6 is 0 Å². The molecule has 4 nitrogen and oxygen atoms in total. The summed E-state index contributed by atoms with van der Waals surface area (Å²) in [5, 5.41) is 9.49. The zero-order valence-corrected chi connectivity index (χ0v) is 14.7. The molecule has 0 fully saturated rings. The summed E-state index contributed by atoms with van der Waals surface area (Å²) in [5.41, 5.74) is 1.48. The van der Waals surface area contributed by atoms with Gasteiger partial charge in [-0.1, -0.05) is 42.5 Å². The molecule has 144 valence electrons. The Labute approximate surface area is 155 Å². The van der Waals surface area contributed by atoms with Gasteiger partial charge in [0.05, 0.1) is 0 Å². The Balaban J connectivity index is 2.08. The number of aliphatic carboxylic acids is 1. The summed E-state index contributed by atoms with van der Waals surface area (Å²) in [6.07, 6.45) is -5.18. The molecule has 2 aromatic carbocycles. The van der Waals surface area contributed by atoms with Crippen molar-refractivity contribution in [2.24, 2.45) is 0 Å². The highest BCUT2D eigenvalue weighted by Crippen LogP contribution is 2.22. The molecule has 0 saturated heterocycles. The van der Waals surface area contributed by atoms with Crippen LogP contribution in [0.1, 0.15) is 27.9 Å². The maximum atomic E-state index is 12.6. The molecule has 7 heteroatoms. The molecule has 0 radical (unpaired) electrons. The molecule has 27 heavy (non-hydrogen) atoms. The maximum absolute atomic E-state index is 12.6. The van der Waals surface area contributed by atoms with Crippen molar-refractivity contribution in [2.45, 2.75) is 31.5 Å². The Kier molecular flexibility index (Phi) is 6.60. The SMILES string of the molecule is CN(C(=O)c1ccc(CCC(F)(F)F)cc1)C(Cc1ccccc1)C(=O)O. The number of halogens is 3. The summed E-state index contributed by atoms with van der Waals surface area (Å²) >= 11 is 0. The number of nitrogens with zero attached hydrogens (tertiary/aromatic N) is 1. The third-order valence-electron chi connectivity index (χ3n) is 4.24. The Morgan fingerprint density at radius 2 is 1.59 bits per heavy atom. The van der Waals surface area contributed by atoms with Gasteiger partial charge in [-0.15, -0.1) is 0 Å². The van der Waals surface area contributed by atoms with Crippen molar-refractivity contribution < 1.29 is 27.9 Å². The van der Waals surface area contributed by atoms with Gasteiger partial charge in [0, 0.05) is 25.5 Å². The lowest BCUT2D eigenvalue weighted by Gasteiger charge is -2.25. The molecule has 0 aliphatic heterocycles. The normalized spacial score (nSPS) is 12.4. The second-order valence-electron chi connectivity index (χ2n) is 6.27. The highest BCUT2D eigenvalue weighted by atomic mass is 19.4. The molecule has 0 spiro atoms. The van der Waals surface area contributed by atoms with Crippen molar-refractivity contribution in [3.63, 3.8) is 0 Å². The highest BCUT2D eigenvalue weighted by molar-refractivity contribution is 5.96. The van der Waals surface area contributed by atoms with Crippen molar-refractivity contribution in [2.75, 3.05) is 7.05 Å². The number of aryl methyl sites for hydroxylation is 1. The Bertz CT molecular complexity index is 773. The maximum Gasteiger partial charge on any atom is 0.389 e. The van der Waals surface area contributed by atoms with Crippen LogP contribution in [0.15, 0.2) is 54.6 Å². The molecule has 0 aliphatic carbocycles. The molecule has 2 aromatic rings. The monoisotopic (exact) mass is 379 g/mol. The average molecular weight is 379 g/mol. The van der Waals surface area contributed by atoms with E-state index in [0.29, 0.717) is 5.56 Å². The second kappa shape index (κ2) is 8.70. The van der Waals surface area contributed by atoms with Gasteiger partial charge in [-0.25, -0.2) is 4.79 Å². The third-order valence-corrected chi connectivity index (χ3v) is 4.24. The minimum absolute atomic E-state index is 0.155. The van der Waals surface area contributed by atoms with Gasteiger partial charge in [0.2, 0.25) is 0 Å². The van der Waals surface area contributed by atoms with E-state index >= 15 is 0 Å². The van der Waals surface area contributed by atoms with E-state index in [1.807, 2.05) is 6.07 Å². The van der Waals surface area contributed by atoms with Crippen LogP contribution < -0.4 is 0 Å². The quantitative estimate of drug-likeness (QED) is 0.793. The minimum Gasteiger partial charge on any atom is -0.480 e. The molecule has 1 unspecified atom stereocenters. The fourth-order valence-electron chi connectivity index (χ4n) is 2.67. The lowest BCUT2D eigenvalue weighted by atomic mass is 10.0. The van der Waals surface area contributed by atoms with E-state index < -0.39 is 30.5 Å². The van der Waals surface area contributed by atoms with Crippen molar-refractivity contribution in [3.8, 4) is 0 Å². The molecule has 0 aliphatic rings. The predicted octanol–water partition coefficient (Wildman–Crippen LogP) is 3.95. The van der Waals surface area contributed by atoms with Crippen LogP contribution in [0.3, 0.4) is 0 Å². The number of benzene rings is 2. The first-order valence-corrected chi connectivity index (χ1v) is 8.37. The molecule has 0 bridgehead atoms. The van der Waals surface area contributed by atoms with Gasteiger partial charge >= 0.3 is 12.1 Å². The zero-order chi connectivity index (χ0) is 20.0. The second-order valence-corrected chi connectivity index (χ2v) is 6.27. The van der Waals surface area contributed by atoms with E-state index in [4.69, 9.17) is 0 Å². The summed E-state index contributed by atoms with van der Waals surface area (Å²) < 4.78 is 36.8. The summed E-state index contributed by atoms with van der Waals surface area (Å²) in [7, 11) is 1.40. The summed E-state index contributed by atoms with van der Waals surface area (Å²) in [6.45, 7) is 0. The Hall–Kier alpha value is -2.83. The van der Waals surface area contributed by atoms with E-state index in [-0.39, 0.29) is 18.4 Å². The number of carboxylic acids is 1. The van der Waals surface area contributed by atoms with Gasteiger partial charge in [-0.2, -0.15) is 13.2 Å². The summed E-state index contributed by atoms with van der Waals surface area (Å²) in [6, 6.07) is 13.7. The molecule has 1 amide bonds. The molecular formula is C20H20F3NO3. The first kappa shape index (κ1) is 20.5. The zero-order valence-electron chi connectivity index (χ0n) is 14.7. The molecular weight excluding hydrogens is 359 g/mol. The average Bonchev–Trinajstić information content (AvgIpc) is 2.64. The van der Waals surface area contributed by atoms with E-state index in [1.165, 1.54) is 31.3 Å². The van der Waals surface area contributed by atoms with Gasteiger partial charge in [-0.05, 0) is 29.7 Å². The van der Waals surface area contributed by atoms with E-state index in [2.05, 4.69) is 0 Å². The van der Waals surface area contributed by atoms with E-state index in [1.54, 1.807) is 24.3 Å². The number of amides is 1. The number of likely N-dealkylation sites (N-methyl/N-ethyl adjacent to an activating group) is 1. The first-order valence-electron chi connectivity index (χ1n) is 8.37. The predicted molar refractivity (Wildman–Crippen MR) is 94.5 cm³/mol. The van der Waals surface area contributed by atoms with Gasteiger partial charge < -0.3 is 10.0 Å². The van der Waals surface area contributed by atoms with Gasteiger partial charge in [-0.3, -0.25) is 4.79 Å². The molecule has 2 rings (SSSR count). The van der Waals surface area contributed by atoms with Crippen molar-refractivity contribution in [3.05, 3.63) is 71.3 Å². The van der Waals surface area contributed by atoms with Crippen LogP contribution in [-0.4, -0.2) is 41.1 Å². The molecule has 1 atom stereocenters. The van der Waals surface area contributed by atoms with Crippen molar-refractivity contribution in [1.29, 1.82) is 0 Å². The standard InChI is InChI=1S/C20H20F3NO3/c1-24(17(19(26)27)13-15-5-3-2-4-6-15)18(25)16-9-7-14(8-10-16)11-12-20(21,22)23/h2-10,17H,11-13H2,1H3,(H,26,27). The largest absolute Gasteiger partial charge is 0.480 e. The number of hydrogen-bond donors (Lipinski definition) is 1. The van der Waals surface area contributed by atoms with Crippen LogP contribution in [0.5, 0.6) is 0 Å². The number of carboxylic acid groups (broad SMARTS) is 1. The van der Waals surface area contributed by atoms with Gasteiger partial charge in [0.25, 0.3) is 5.91 Å². The Morgan fingerprint density at radius 1 is 1.00 bits per heavy atom. The van der Waals surface area contributed by atoms with Crippen LogP contribution in [0.25, 0.3) is 0 Å². The number of alkyl halides is 3. The lowest BCUT2D eigenvalue weighted by Crippen LogP contribution is -2.43. The van der Waals surface area contributed by atoms with Crippen molar-refractivity contribution in [1.82, 2.24) is 4.90 Å². The summed E-state index contributed by atoms with van der Waals surface area (Å²) in [5.74, 6) is -1.63. The fourth-order valence-corrected chi connectivity index (χ4v) is 2.67. The smallest absolute Gasteiger partial charge is 0.389 e. The fraction of sp³-hybridized carbons (Fsp3) is 0.300. The minimum atomic E-state index is -4.24. The molecule has 1 N–H and O–H groups in total. The number of rotatable bonds is 7. The van der Waals surface area contributed by atoms with E-state index in [9.17, 15) is 27.9 Å². The van der Waals surface area contributed by atoms with E-state index in [0.717, 1.165) is 10.5 Å². The van der Waals surface area contributed by atoms with Crippen molar-refractivity contribution >= 4 is 11.9 Å². The van der Waals surface area contributed by atoms with Crippen LogP contribution in [0.2, 0.25) is 0 Å². The first-order chi connectivity index (χ1) is 12.7. The van der Waals surface area contributed by atoms with Gasteiger partial charge in [0.15, 0.2) is 0 Å². The summed E-state index contributed by atoms with van der Waals surface area (Å²) in [4.78, 5) is 25.3. The molecule has 0 aromatic heterocycles. The highest BCUT2D eigenvalue weighted by Gasteiger charge is 2.28. The Morgan fingerprint density at radius 3 is 2.11 bits per heavy atom. The number of carbonyl (C=O) groups excluding carboxylic acids is 1. The molecule has 0 saturated carbocycles.